The van der Waals surface area contributed by atoms with Gasteiger partial charge in [-0.05, 0) is 67.3 Å². The summed E-state index contributed by atoms with van der Waals surface area (Å²) in [7, 11) is 0. The topological polar surface area (TPSA) is 119 Å². The molecule has 2 saturated heterocycles. The standard InChI is InChI=1S/C34H41FN4O5S2/c1-21(2)26-19-45-31(36-26)32(42)39-13-14-44-34(20-39)9-11-38(12-10-34)18-23-15-22(16-24(35)17-23)5-3-4-6-27(40)25-7-8-28(41)29-30(25)46-33(43)37-29/h7-8,15-17,19,21,27,40-41H,3-6,9-14,18,20H2,1-2H3,(H,37,43)/t27-/m0/s1. The summed E-state index contributed by atoms with van der Waals surface area (Å²) in [6.45, 7) is 8.07. The van der Waals surface area contributed by atoms with Crippen LogP contribution < -0.4 is 4.87 Å². The number of aromatic hydroxyl groups is 1. The number of nitrogens with zero attached hydrogens (tertiary/aromatic N) is 3. The molecule has 0 saturated carbocycles. The van der Waals surface area contributed by atoms with Crippen LogP contribution in [0.15, 0.2) is 40.5 Å². The van der Waals surface area contributed by atoms with E-state index in [9.17, 15) is 24.2 Å². The second-order valence-corrected chi connectivity index (χ2v) is 14.7. The lowest BCUT2D eigenvalue weighted by Gasteiger charge is -2.47. The average molecular weight is 669 g/mol. The molecule has 4 aromatic rings. The summed E-state index contributed by atoms with van der Waals surface area (Å²) in [5.74, 6) is 0.0167. The lowest BCUT2D eigenvalue weighted by atomic mass is 9.89. The number of carbonyl (C=O) groups is 1. The van der Waals surface area contributed by atoms with Crippen LogP contribution in [-0.4, -0.2) is 74.3 Å². The summed E-state index contributed by atoms with van der Waals surface area (Å²) in [5.41, 5.74) is 3.45. The van der Waals surface area contributed by atoms with E-state index in [1.165, 1.54) is 17.4 Å². The number of carbonyl (C=O) groups excluding carboxylic acids is 1. The number of halogens is 1. The third kappa shape index (κ3) is 7.36. The number of aliphatic hydroxyl groups excluding tert-OH is 1. The van der Waals surface area contributed by atoms with Crippen molar-refractivity contribution in [2.45, 2.75) is 76.5 Å². The van der Waals surface area contributed by atoms with Gasteiger partial charge in [0.25, 0.3) is 5.91 Å². The Bertz CT molecular complexity index is 1740. The number of piperidine rings is 1. The Labute approximate surface area is 275 Å². The average Bonchev–Trinajstić information content (AvgIpc) is 3.68. The Balaban J connectivity index is 0.989. The van der Waals surface area contributed by atoms with E-state index in [0.29, 0.717) is 59.9 Å². The van der Waals surface area contributed by atoms with Crippen molar-refractivity contribution >= 4 is 38.8 Å². The first-order chi connectivity index (χ1) is 22.1. The first-order valence-corrected chi connectivity index (χ1v) is 17.7. The maximum atomic E-state index is 14.6. The Morgan fingerprint density at radius 1 is 1.15 bits per heavy atom. The number of likely N-dealkylation sites (tertiary alicyclic amines) is 1. The van der Waals surface area contributed by atoms with Gasteiger partial charge in [0.1, 0.15) is 17.1 Å². The number of hydrogen-bond acceptors (Lipinski definition) is 9. The van der Waals surface area contributed by atoms with E-state index in [1.807, 2.05) is 10.3 Å². The van der Waals surface area contributed by atoms with Crippen molar-refractivity contribution in [3.63, 3.8) is 0 Å². The van der Waals surface area contributed by atoms with Gasteiger partial charge in [0.05, 0.1) is 35.3 Å². The molecule has 46 heavy (non-hydrogen) atoms. The molecule has 2 aromatic heterocycles. The van der Waals surface area contributed by atoms with E-state index in [0.717, 1.165) is 66.9 Å². The van der Waals surface area contributed by atoms with Gasteiger partial charge in [-0.3, -0.25) is 14.5 Å². The normalized spacial score (nSPS) is 17.7. The number of aromatic amines is 1. The summed E-state index contributed by atoms with van der Waals surface area (Å²) >= 11 is 2.40. The summed E-state index contributed by atoms with van der Waals surface area (Å²) in [6.07, 6.45) is 3.55. The highest BCUT2D eigenvalue weighted by atomic mass is 32.1. The highest BCUT2D eigenvalue weighted by molar-refractivity contribution is 7.16. The van der Waals surface area contributed by atoms with Gasteiger partial charge in [-0.15, -0.1) is 11.3 Å². The highest BCUT2D eigenvalue weighted by Gasteiger charge is 2.41. The summed E-state index contributed by atoms with van der Waals surface area (Å²) in [6, 6.07) is 8.41. The van der Waals surface area contributed by atoms with Crippen LogP contribution in [0, 0.1) is 5.82 Å². The van der Waals surface area contributed by atoms with Crippen molar-refractivity contribution in [1.82, 2.24) is 19.8 Å². The van der Waals surface area contributed by atoms with Gasteiger partial charge in [0.2, 0.25) is 0 Å². The lowest BCUT2D eigenvalue weighted by Crippen LogP contribution is -2.57. The number of aryl methyl sites for hydroxylation is 1. The maximum Gasteiger partial charge on any atom is 0.305 e. The maximum absolute atomic E-state index is 14.6. The van der Waals surface area contributed by atoms with Gasteiger partial charge >= 0.3 is 4.87 Å². The third-order valence-electron chi connectivity index (χ3n) is 9.16. The van der Waals surface area contributed by atoms with E-state index in [4.69, 9.17) is 4.74 Å². The van der Waals surface area contributed by atoms with E-state index in [-0.39, 0.29) is 33.9 Å². The number of thiazole rings is 2. The predicted octanol–water partition coefficient (Wildman–Crippen LogP) is 5.97. The third-order valence-corrected chi connectivity index (χ3v) is 10.9. The molecule has 6 rings (SSSR count). The number of rotatable bonds is 10. The zero-order chi connectivity index (χ0) is 32.4. The first kappa shape index (κ1) is 32.8. The molecule has 246 valence electrons. The van der Waals surface area contributed by atoms with Gasteiger partial charge in [-0.2, -0.15) is 0 Å². The molecule has 3 N–H and O–H groups in total. The molecule has 2 aromatic carbocycles. The van der Waals surface area contributed by atoms with Crippen molar-refractivity contribution in [2.24, 2.45) is 0 Å². The quantitative estimate of drug-likeness (QED) is 0.178. The number of phenols is 1. The Kier molecular flexibility index (Phi) is 9.91. The van der Waals surface area contributed by atoms with Crippen LogP contribution in [0.5, 0.6) is 5.75 Å². The number of amides is 1. The zero-order valence-electron chi connectivity index (χ0n) is 26.3. The predicted molar refractivity (Wildman–Crippen MR) is 178 cm³/mol. The van der Waals surface area contributed by atoms with Crippen molar-refractivity contribution in [3.8, 4) is 5.75 Å². The fraction of sp³-hybridized carbons (Fsp3) is 0.500. The van der Waals surface area contributed by atoms with Crippen molar-refractivity contribution in [2.75, 3.05) is 32.8 Å². The number of hydrogen-bond donors (Lipinski definition) is 3. The van der Waals surface area contributed by atoms with Crippen molar-refractivity contribution in [3.05, 3.63) is 78.6 Å². The molecule has 1 atom stereocenters. The minimum atomic E-state index is -0.761. The summed E-state index contributed by atoms with van der Waals surface area (Å²) in [5, 5.41) is 23.3. The van der Waals surface area contributed by atoms with E-state index >= 15 is 0 Å². The van der Waals surface area contributed by atoms with Crippen LogP contribution in [0.1, 0.15) is 90.2 Å². The molecule has 12 heteroatoms. The van der Waals surface area contributed by atoms with Crippen LogP contribution in [0.25, 0.3) is 10.2 Å². The number of unbranched alkanes of at least 4 members (excludes halogenated alkanes) is 1. The number of ether oxygens (including phenoxy) is 1. The zero-order valence-corrected chi connectivity index (χ0v) is 27.9. The second kappa shape index (κ2) is 13.9. The number of phenolic OH excluding ortho intramolecular Hbond substituents is 1. The van der Waals surface area contributed by atoms with Crippen LogP contribution in [0.2, 0.25) is 0 Å². The molecule has 2 fully saturated rings. The molecule has 2 aliphatic heterocycles. The summed E-state index contributed by atoms with van der Waals surface area (Å²) in [4.78, 5) is 36.2. The first-order valence-electron chi connectivity index (χ1n) is 16.0. The van der Waals surface area contributed by atoms with E-state index < -0.39 is 6.10 Å². The number of fused-ring (bicyclic) bond motifs is 1. The van der Waals surface area contributed by atoms with Gasteiger partial charge < -0.3 is 24.8 Å². The van der Waals surface area contributed by atoms with Crippen LogP contribution >= 0.6 is 22.7 Å². The number of nitrogens with one attached hydrogen (secondary N) is 1. The highest BCUT2D eigenvalue weighted by Crippen LogP contribution is 2.34. The second-order valence-electron chi connectivity index (χ2n) is 12.9. The van der Waals surface area contributed by atoms with Crippen LogP contribution in [-0.2, 0) is 17.7 Å². The van der Waals surface area contributed by atoms with E-state index in [1.54, 1.807) is 18.2 Å². The molecule has 0 radical (unpaired) electrons. The minimum Gasteiger partial charge on any atom is -0.506 e. The number of H-pyrrole nitrogens is 1. The Hall–Kier alpha value is -3.16. The lowest BCUT2D eigenvalue weighted by molar-refractivity contribution is -0.127. The number of benzene rings is 2. The van der Waals surface area contributed by atoms with Crippen LogP contribution in [0.4, 0.5) is 4.39 Å². The molecule has 1 spiro atoms. The molecule has 2 aliphatic rings. The van der Waals surface area contributed by atoms with Gasteiger partial charge in [0.15, 0.2) is 5.01 Å². The minimum absolute atomic E-state index is 0.0107. The molecule has 0 aliphatic carbocycles. The Morgan fingerprint density at radius 2 is 1.93 bits per heavy atom. The fourth-order valence-corrected chi connectivity index (χ4v) is 8.42. The van der Waals surface area contributed by atoms with E-state index in [2.05, 4.69) is 34.8 Å². The number of aromatic nitrogens is 2. The molecule has 0 bridgehead atoms. The van der Waals surface area contributed by atoms with Crippen molar-refractivity contribution < 1.29 is 24.1 Å². The van der Waals surface area contributed by atoms with Gasteiger partial charge in [0, 0.05) is 37.1 Å². The SMILES string of the molecule is CC(C)c1csc(C(=O)N2CCOC3(CCN(Cc4cc(F)cc(CCCC[C@H](O)c5ccc(O)c6[nH]c(=O)sc56)c4)CC3)C2)n1. The van der Waals surface area contributed by atoms with Crippen molar-refractivity contribution in [1.29, 1.82) is 0 Å². The Morgan fingerprint density at radius 3 is 2.70 bits per heavy atom. The molecular weight excluding hydrogens is 628 g/mol. The molecule has 4 heterocycles. The van der Waals surface area contributed by atoms with Crippen LogP contribution in [0.3, 0.4) is 0 Å². The molecule has 9 nitrogen and oxygen atoms in total. The largest absolute Gasteiger partial charge is 0.506 e. The smallest absolute Gasteiger partial charge is 0.305 e. The van der Waals surface area contributed by atoms with Gasteiger partial charge in [-0.1, -0.05) is 43.7 Å². The number of aliphatic hydroxyl groups is 1. The number of morpholine rings is 1. The molecule has 1 amide bonds. The molecular formula is C34H41FN4O5S2. The fourth-order valence-electron chi connectivity index (χ4n) is 6.56. The molecule has 0 unspecified atom stereocenters. The summed E-state index contributed by atoms with van der Waals surface area (Å²) < 4.78 is 21.5. The van der Waals surface area contributed by atoms with Gasteiger partial charge in [-0.25, -0.2) is 9.37 Å². The monoisotopic (exact) mass is 668 g/mol.